The van der Waals surface area contributed by atoms with Crippen LogP contribution in [0, 0.1) is 0 Å². The van der Waals surface area contributed by atoms with Gasteiger partial charge in [0.25, 0.3) is 0 Å². The molecule has 0 unspecified atom stereocenters. The number of benzene rings is 3. The highest BCUT2D eigenvalue weighted by Gasteiger charge is 1.99. The van der Waals surface area contributed by atoms with E-state index in [2.05, 4.69) is 34.9 Å². The molecule has 3 aromatic rings. The van der Waals surface area contributed by atoms with Crippen LogP contribution in [0.3, 0.4) is 0 Å². The molecular formula is C21H19N3S. The van der Waals surface area contributed by atoms with Gasteiger partial charge in [-0.1, -0.05) is 54.6 Å². The normalized spacial score (nSPS) is 10.6. The largest absolute Gasteiger partial charge is 0.399 e. The van der Waals surface area contributed by atoms with Crippen LogP contribution in [-0.4, -0.2) is 5.11 Å². The summed E-state index contributed by atoms with van der Waals surface area (Å²) in [6.07, 6.45) is 4.18. The van der Waals surface area contributed by atoms with E-state index < -0.39 is 0 Å². The third-order valence-electron chi connectivity index (χ3n) is 3.60. The second-order valence-corrected chi connectivity index (χ2v) is 5.98. The number of rotatable bonds is 4. The van der Waals surface area contributed by atoms with Crippen molar-refractivity contribution in [3.63, 3.8) is 0 Å². The molecule has 25 heavy (non-hydrogen) atoms. The van der Waals surface area contributed by atoms with E-state index in [4.69, 9.17) is 18.0 Å². The molecule has 0 atom stereocenters. The summed E-state index contributed by atoms with van der Waals surface area (Å²) in [5.74, 6) is 0. The predicted molar refractivity (Wildman–Crippen MR) is 113 cm³/mol. The van der Waals surface area contributed by atoms with E-state index in [0.717, 1.165) is 22.6 Å². The van der Waals surface area contributed by atoms with Crippen molar-refractivity contribution in [2.75, 3.05) is 16.4 Å². The number of nitrogen functional groups attached to an aromatic ring is 1. The van der Waals surface area contributed by atoms with Crippen molar-refractivity contribution in [1.82, 2.24) is 0 Å². The maximum atomic E-state index is 5.68. The average Bonchev–Trinajstić information content (AvgIpc) is 2.64. The summed E-state index contributed by atoms with van der Waals surface area (Å²) >= 11 is 5.33. The molecule has 4 heteroatoms. The van der Waals surface area contributed by atoms with Crippen molar-refractivity contribution in [1.29, 1.82) is 0 Å². The van der Waals surface area contributed by atoms with Crippen LogP contribution in [0.1, 0.15) is 11.1 Å². The van der Waals surface area contributed by atoms with Gasteiger partial charge >= 0.3 is 0 Å². The Morgan fingerprint density at radius 3 is 1.72 bits per heavy atom. The zero-order chi connectivity index (χ0) is 17.5. The van der Waals surface area contributed by atoms with E-state index in [1.54, 1.807) is 0 Å². The topological polar surface area (TPSA) is 50.1 Å². The molecule has 0 aliphatic heterocycles. The number of hydrogen-bond acceptors (Lipinski definition) is 2. The van der Waals surface area contributed by atoms with Gasteiger partial charge in [-0.25, -0.2) is 0 Å². The van der Waals surface area contributed by atoms with Crippen molar-refractivity contribution in [3.05, 3.63) is 90.0 Å². The molecule has 0 saturated carbocycles. The lowest BCUT2D eigenvalue weighted by molar-refractivity contribution is 1.58. The Bertz CT molecular complexity index is 854. The second-order valence-electron chi connectivity index (χ2n) is 5.57. The van der Waals surface area contributed by atoms with Crippen LogP contribution in [0.15, 0.2) is 78.9 Å². The number of nitrogens with one attached hydrogen (secondary N) is 2. The molecular weight excluding hydrogens is 326 g/mol. The Morgan fingerprint density at radius 2 is 1.16 bits per heavy atom. The lowest BCUT2D eigenvalue weighted by atomic mass is 10.1. The quantitative estimate of drug-likeness (QED) is 0.343. The van der Waals surface area contributed by atoms with Gasteiger partial charge in [0, 0.05) is 17.1 Å². The average molecular weight is 345 g/mol. The van der Waals surface area contributed by atoms with E-state index in [0.29, 0.717) is 5.11 Å². The van der Waals surface area contributed by atoms with Crippen LogP contribution in [0.4, 0.5) is 17.1 Å². The summed E-state index contributed by atoms with van der Waals surface area (Å²) in [4.78, 5) is 0. The van der Waals surface area contributed by atoms with Gasteiger partial charge in [0.15, 0.2) is 5.11 Å². The zero-order valence-electron chi connectivity index (χ0n) is 13.6. The summed E-state index contributed by atoms with van der Waals surface area (Å²) in [5, 5.41) is 6.84. The van der Waals surface area contributed by atoms with Crippen molar-refractivity contribution in [2.45, 2.75) is 0 Å². The van der Waals surface area contributed by atoms with E-state index >= 15 is 0 Å². The Kier molecular flexibility index (Phi) is 5.44. The van der Waals surface area contributed by atoms with Crippen LogP contribution in [0.5, 0.6) is 0 Å². The molecule has 3 rings (SSSR count). The van der Waals surface area contributed by atoms with Crippen LogP contribution in [-0.2, 0) is 0 Å². The summed E-state index contributed by atoms with van der Waals surface area (Å²) in [5.41, 5.74) is 10.5. The zero-order valence-corrected chi connectivity index (χ0v) is 14.5. The number of nitrogens with two attached hydrogens (primary N) is 1. The van der Waals surface area contributed by atoms with Gasteiger partial charge in [-0.15, -0.1) is 0 Å². The van der Waals surface area contributed by atoms with Gasteiger partial charge in [0.05, 0.1) is 0 Å². The van der Waals surface area contributed by atoms with Gasteiger partial charge < -0.3 is 16.4 Å². The van der Waals surface area contributed by atoms with Gasteiger partial charge in [0.2, 0.25) is 0 Å². The summed E-state index contributed by atoms with van der Waals surface area (Å²) in [6, 6.07) is 25.8. The third kappa shape index (κ3) is 5.19. The Hall–Kier alpha value is -3.11. The first-order valence-corrected chi connectivity index (χ1v) is 8.37. The van der Waals surface area contributed by atoms with E-state index in [1.165, 1.54) is 5.56 Å². The standard InChI is InChI=1S/C21H19N3S/c22-18-10-14-20(15-11-18)24-21(25)23-19-12-8-17(9-13-19)7-6-16-4-2-1-3-5-16/h1-15H,22H2,(H2,23,24,25)/b7-6+. The van der Waals surface area contributed by atoms with Crippen molar-refractivity contribution in [3.8, 4) is 0 Å². The van der Waals surface area contributed by atoms with Crippen LogP contribution >= 0.6 is 12.2 Å². The van der Waals surface area contributed by atoms with E-state index in [9.17, 15) is 0 Å². The minimum Gasteiger partial charge on any atom is -0.399 e. The molecule has 0 aliphatic carbocycles. The van der Waals surface area contributed by atoms with Crippen LogP contribution in [0.25, 0.3) is 12.2 Å². The maximum Gasteiger partial charge on any atom is 0.175 e. The van der Waals surface area contributed by atoms with E-state index in [1.807, 2.05) is 66.7 Å². The van der Waals surface area contributed by atoms with Crippen LogP contribution in [0.2, 0.25) is 0 Å². The molecule has 4 N–H and O–H groups in total. The highest BCUT2D eigenvalue weighted by atomic mass is 32.1. The highest BCUT2D eigenvalue weighted by molar-refractivity contribution is 7.80. The monoisotopic (exact) mass is 345 g/mol. The SMILES string of the molecule is Nc1ccc(NC(=S)Nc2ccc(/C=C/c3ccccc3)cc2)cc1. The Morgan fingerprint density at radius 1 is 0.680 bits per heavy atom. The third-order valence-corrected chi connectivity index (χ3v) is 3.81. The molecule has 3 nitrogen and oxygen atoms in total. The van der Waals surface area contributed by atoms with Crippen molar-refractivity contribution >= 4 is 46.5 Å². The molecule has 0 radical (unpaired) electrons. The smallest absolute Gasteiger partial charge is 0.175 e. The molecule has 0 fully saturated rings. The van der Waals surface area contributed by atoms with Crippen molar-refractivity contribution in [2.24, 2.45) is 0 Å². The molecule has 0 spiro atoms. The fraction of sp³-hybridized carbons (Fsp3) is 0. The Labute approximate surface area is 153 Å². The van der Waals surface area contributed by atoms with Crippen molar-refractivity contribution < 1.29 is 0 Å². The van der Waals surface area contributed by atoms with E-state index in [-0.39, 0.29) is 0 Å². The predicted octanol–water partition coefficient (Wildman–Crippen LogP) is 5.25. The first-order valence-electron chi connectivity index (χ1n) is 7.96. The lowest BCUT2D eigenvalue weighted by Crippen LogP contribution is -2.18. The number of thiocarbonyl (C=S) groups is 1. The van der Waals surface area contributed by atoms with Crippen LogP contribution < -0.4 is 16.4 Å². The summed E-state index contributed by atoms with van der Waals surface area (Å²) in [6.45, 7) is 0. The minimum atomic E-state index is 0.539. The molecule has 124 valence electrons. The maximum absolute atomic E-state index is 5.68. The first-order chi connectivity index (χ1) is 12.2. The number of hydrogen-bond donors (Lipinski definition) is 3. The fourth-order valence-electron chi connectivity index (χ4n) is 2.29. The fourth-order valence-corrected chi connectivity index (χ4v) is 2.53. The molecule has 0 heterocycles. The molecule has 0 amide bonds. The minimum absolute atomic E-state index is 0.539. The number of anilines is 3. The van der Waals surface area contributed by atoms with Gasteiger partial charge in [0.1, 0.15) is 0 Å². The lowest BCUT2D eigenvalue weighted by Gasteiger charge is -2.11. The summed E-state index contributed by atoms with van der Waals surface area (Å²) in [7, 11) is 0. The molecule has 0 bridgehead atoms. The second kappa shape index (κ2) is 8.13. The van der Waals surface area contributed by atoms with Gasteiger partial charge in [-0.2, -0.15) is 0 Å². The molecule has 3 aromatic carbocycles. The summed E-state index contributed by atoms with van der Waals surface area (Å²) < 4.78 is 0. The van der Waals surface area contributed by atoms with Gasteiger partial charge in [-0.3, -0.25) is 0 Å². The Balaban J connectivity index is 1.57. The molecule has 0 aromatic heterocycles. The molecule has 0 aliphatic rings. The molecule has 0 saturated heterocycles. The highest BCUT2D eigenvalue weighted by Crippen LogP contribution is 2.14. The van der Waals surface area contributed by atoms with Gasteiger partial charge in [-0.05, 0) is 59.7 Å². The first kappa shape index (κ1) is 16.7.